The van der Waals surface area contributed by atoms with Crippen LogP contribution in [0.3, 0.4) is 0 Å². The van der Waals surface area contributed by atoms with Crippen LogP contribution in [0.25, 0.3) is 22.3 Å². The summed E-state index contributed by atoms with van der Waals surface area (Å²) in [4.78, 5) is 24.4. The number of aliphatic hydroxyl groups excluding tert-OH is 1. The van der Waals surface area contributed by atoms with E-state index < -0.39 is 0 Å². The number of phenolic OH excluding ortho intramolecular Hbond substituents is 1. The normalized spacial score (nSPS) is 11.1. The maximum atomic E-state index is 13.6. The van der Waals surface area contributed by atoms with E-state index in [0.717, 1.165) is 28.9 Å². The Balaban J connectivity index is 1.73. The van der Waals surface area contributed by atoms with Crippen molar-refractivity contribution in [3.63, 3.8) is 0 Å². The van der Waals surface area contributed by atoms with Gasteiger partial charge in [0, 0.05) is 42.3 Å². The second-order valence-electron chi connectivity index (χ2n) is 8.38. The molecule has 2 aromatic carbocycles. The Kier molecular flexibility index (Phi) is 6.97. The molecule has 0 saturated heterocycles. The highest BCUT2D eigenvalue weighted by Gasteiger charge is 2.21. The number of nitrogens with zero attached hydrogens (tertiary/aromatic N) is 5. The highest BCUT2D eigenvalue weighted by atomic mass is 16.5. The third-order valence-electron chi connectivity index (χ3n) is 5.92. The van der Waals surface area contributed by atoms with E-state index in [1.54, 1.807) is 30.3 Å². The zero-order chi connectivity index (χ0) is 25.1. The molecule has 0 saturated carbocycles. The lowest BCUT2D eigenvalue weighted by Crippen LogP contribution is -2.27. The molecule has 182 valence electrons. The van der Waals surface area contributed by atoms with Gasteiger partial charge in [-0.15, -0.1) is 0 Å². The van der Waals surface area contributed by atoms with Crippen molar-refractivity contribution in [3.8, 4) is 22.9 Å². The van der Waals surface area contributed by atoms with Gasteiger partial charge in [0.25, 0.3) is 5.91 Å². The van der Waals surface area contributed by atoms with Crippen LogP contribution in [-0.2, 0) is 13.1 Å². The number of phenols is 1. The van der Waals surface area contributed by atoms with Crippen LogP contribution in [-0.4, -0.2) is 61.0 Å². The fourth-order valence-corrected chi connectivity index (χ4v) is 3.98. The Labute approximate surface area is 203 Å². The van der Waals surface area contributed by atoms with Gasteiger partial charge in [0.1, 0.15) is 23.8 Å². The largest absolute Gasteiger partial charge is 0.508 e. The minimum Gasteiger partial charge on any atom is -0.508 e. The summed E-state index contributed by atoms with van der Waals surface area (Å²) in [6.45, 7) is 7.17. The fraction of sp³-hybridized carbons (Fsp3) is 0.308. The van der Waals surface area contributed by atoms with Crippen LogP contribution in [0.1, 0.15) is 34.2 Å². The van der Waals surface area contributed by atoms with Gasteiger partial charge in [-0.05, 0) is 62.7 Å². The summed E-state index contributed by atoms with van der Waals surface area (Å²) in [6.07, 6.45) is 1.78. The van der Waals surface area contributed by atoms with Crippen LogP contribution in [0.15, 0.2) is 42.6 Å². The summed E-state index contributed by atoms with van der Waals surface area (Å²) < 4.78 is 7.43. The Morgan fingerprint density at radius 3 is 2.63 bits per heavy atom. The van der Waals surface area contributed by atoms with Crippen molar-refractivity contribution in [1.82, 2.24) is 24.6 Å². The van der Waals surface area contributed by atoms with Crippen molar-refractivity contribution >= 4 is 16.8 Å². The van der Waals surface area contributed by atoms with Crippen LogP contribution >= 0.6 is 0 Å². The average molecular weight is 476 g/mol. The highest BCUT2D eigenvalue weighted by molar-refractivity contribution is 6.05. The molecule has 9 nitrogen and oxygen atoms in total. The Bertz CT molecular complexity index is 1380. The van der Waals surface area contributed by atoms with Gasteiger partial charge in [0.2, 0.25) is 0 Å². The van der Waals surface area contributed by atoms with Gasteiger partial charge in [0.05, 0.1) is 18.3 Å². The summed E-state index contributed by atoms with van der Waals surface area (Å²) in [5, 5.41) is 23.9. The van der Waals surface area contributed by atoms with Crippen LogP contribution in [0.5, 0.6) is 11.5 Å². The lowest BCUT2D eigenvalue weighted by molar-refractivity contribution is 0.0781. The number of aliphatic hydroxyl groups is 1. The van der Waals surface area contributed by atoms with Gasteiger partial charge in [-0.25, -0.2) is 9.97 Å². The molecule has 35 heavy (non-hydrogen) atoms. The highest BCUT2D eigenvalue weighted by Crippen LogP contribution is 2.28. The molecule has 1 amide bonds. The second kappa shape index (κ2) is 10.1. The summed E-state index contributed by atoms with van der Waals surface area (Å²) in [7, 11) is 1.72. The zero-order valence-corrected chi connectivity index (χ0v) is 20.3. The molecule has 2 N–H and O–H groups in total. The third-order valence-corrected chi connectivity index (χ3v) is 5.92. The number of amides is 1. The number of carbonyl (C=O) groups is 1. The number of aromatic hydroxyl groups is 1. The van der Waals surface area contributed by atoms with Gasteiger partial charge in [-0.1, -0.05) is 0 Å². The number of hydrogen-bond donors (Lipinski definition) is 2. The van der Waals surface area contributed by atoms with Crippen molar-refractivity contribution in [2.24, 2.45) is 0 Å². The standard InChI is InChI=1S/C26H29N5O4/c1-5-31-17(3)19(14-27-31)15-30(4)26(34)24-21-13-20(33)7-8-22(21)28-25(29-24)18-6-9-23(16(2)12-18)35-11-10-32/h6-9,12-14,32-33H,5,10-11,15H2,1-4H3. The van der Waals surface area contributed by atoms with E-state index in [-0.39, 0.29) is 30.6 Å². The predicted octanol–water partition coefficient (Wildman–Crippen LogP) is 3.48. The number of aryl methyl sites for hydroxylation is 2. The molecule has 0 spiro atoms. The molecule has 4 rings (SSSR count). The molecular formula is C26H29N5O4. The number of rotatable bonds is 8. The molecule has 0 aliphatic carbocycles. The molecular weight excluding hydrogens is 446 g/mol. The van der Waals surface area contributed by atoms with Crippen molar-refractivity contribution in [3.05, 3.63) is 65.1 Å². The van der Waals surface area contributed by atoms with Gasteiger partial charge >= 0.3 is 0 Å². The summed E-state index contributed by atoms with van der Waals surface area (Å²) in [5.74, 6) is 0.804. The minimum atomic E-state index is -0.285. The lowest BCUT2D eigenvalue weighted by Gasteiger charge is -2.18. The molecule has 2 heterocycles. The van der Waals surface area contributed by atoms with Crippen LogP contribution in [0.4, 0.5) is 0 Å². The third kappa shape index (κ3) is 4.95. The van der Waals surface area contributed by atoms with E-state index in [0.29, 0.717) is 29.0 Å². The van der Waals surface area contributed by atoms with E-state index in [1.165, 1.54) is 12.1 Å². The molecule has 0 aliphatic heterocycles. The van der Waals surface area contributed by atoms with E-state index in [1.807, 2.05) is 37.6 Å². The Morgan fingerprint density at radius 2 is 1.94 bits per heavy atom. The molecule has 0 radical (unpaired) electrons. The van der Waals surface area contributed by atoms with E-state index in [2.05, 4.69) is 15.1 Å². The van der Waals surface area contributed by atoms with Gasteiger partial charge in [-0.2, -0.15) is 5.10 Å². The van der Waals surface area contributed by atoms with Gasteiger partial charge < -0.3 is 19.8 Å². The summed E-state index contributed by atoms with van der Waals surface area (Å²) >= 11 is 0. The molecule has 0 unspecified atom stereocenters. The molecule has 0 fully saturated rings. The SMILES string of the molecule is CCn1ncc(CN(C)C(=O)c2nc(-c3ccc(OCCO)c(C)c3)nc3ccc(O)cc23)c1C. The maximum absolute atomic E-state index is 13.6. The fourth-order valence-electron chi connectivity index (χ4n) is 3.98. The number of carbonyl (C=O) groups excluding carboxylic acids is 1. The molecule has 9 heteroatoms. The van der Waals surface area contributed by atoms with Crippen LogP contribution in [0.2, 0.25) is 0 Å². The maximum Gasteiger partial charge on any atom is 0.273 e. The first-order valence-corrected chi connectivity index (χ1v) is 11.4. The summed E-state index contributed by atoms with van der Waals surface area (Å²) in [5.41, 5.74) is 4.32. The first-order valence-electron chi connectivity index (χ1n) is 11.4. The Hall–Kier alpha value is -3.98. The monoisotopic (exact) mass is 475 g/mol. The lowest BCUT2D eigenvalue weighted by atomic mass is 10.1. The topological polar surface area (TPSA) is 114 Å². The molecule has 0 aliphatic rings. The molecule has 2 aromatic heterocycles. The predicted molar refractivity (Wildman–Crippen MR) is 132 cm³/mol. The van der Waals surface area contributed by atoms with Crippen LogP contribution in [0, 0.1) is 13.8 Å². The van der Waals surface area contributed by atoms with Gasteiger partial charge in [-0.3, -0.25) is 9.48 Å². The first kappa shape index (κ1) is 24.2. The quantitative estimate of drug-likeness (QED) is 0.401. The first-order chi connectivity index (χ1) is 16.8. The molecule has 0 bridgehead atoms. The van der Waals surface area contributed by atoms with Crippen molar-refractivity contribution < 1.29 is 19.7 Å². The van der Waals surface area contributed by atoms with Crippen molar-refractivity contribution in [1.29, 1.82) is 0 Å². The Morgan fingerprint density at radius 1 is 1.14 bits per heavy atom. The van der Waals surface area contributed by atoms with E-state index >= 15 is 0 Å². The summed E-state index contributed by atoms with van der Waals surface area (Å²) in [6, 6.07) is 10.2. The van der Waals surface area contributed by atoms with Crippen LogP contribution < -0.4 is 4.74 Å². The van der Waals surface area contributed by atoms with E-state index in [4.69, 9.17) is 9.84 Å². The number of fused-ring (bicyclic) bond motifs is 1. The number of hydrogen-bond acceptors (Lipinski definition) is 7. The van der Waals surface area contributed by atoms with E-state index in [9.17, 15) is 9.90 Å². The average Bonchev–Trinajstić information content (AvgIpc) is 3.21. The van der Waals surface area contributed by atoms with Gasteiger partial charge in [0.15, 0.2) is 5.82 Å². The second-order valence-corrected chi connectivity index (χ2v) is 8.38. The zero-order valence-electron chi connectivity index (χ0n) is 20.3. The van der Waals surface area contributed by atoms with Crippen molar-refractivity contribution in [2.45, 2.75) is 33.9 Å². The van der Waals surface area contributed by atoms with Crippen molar-refractivity contribution in [2.75, 3.05) is 20.3 Å². The smallest absolute Gasteiger partial charge is 0.273 e. The number of ether oxygens (including phenoxy) is 1. The number of aromatic nitrogens is 4. The minimum absolute atomic E-state index is 0.0341. The number of benzene rings is 2. The molecule has 4 aromatic rings. The molecule has 0 atom stereocenters.